The Kier molecular flexibility index (Phi) is 7.08. The molecule has 29 heavy (non-hydrogen) atoms. The van der Waals surface area contributed by atoms with Gasteiger partial charge < -0.3 is 5.32 Å². The van der Waals surface area contributed by atoms with E-state index >= 15 is 0 Å². The summed E-state index contributed by atoms with van der Waals surface area (Å²) in [6, 6.07) is 17.4. The van der Waals surface area contributed by atoms with Gasteiger partial charge in [-0.15, -0.1) is 5.10 Å². The Labute approximate surface area is 170 Å². The number of aryl methyl sites for hydroxylation is 1. The molecule has 7 nitrogen and oxygen atoms in total. The second kappa shape index (κ2) is 9.93. The topological polar surface area (TPSA) is 80.1 Å². The summed E-state index contributed by atoms with van der Waals surface area (Å²) in [4.78, 5) is 27.2. The normalized spacial score (nSPS) is 12.2. The summed E-state index contributed by atoms with van der Waals surface area (Å²) in [7, 11) is 0. The lowest BCUT2D eigenvalue weighted by molar-refractivity contribution is -0.121. The Morgan fingerprint density at radius 2 is 1.76 bits per heavy atom. The fraction of sp³-hybridized carbons (Fsp3) is 0.364. The van der Waals surface area contributed by atoms with Crippen molar-refractivity contribution in [2.45, 2.75) is 32.9 Å². The van der Waals surface area contributed by atoms with Crippen LogP contribution in [0.5, 0.6) is 0 Å². The molecule has 0 aliphatic rings. The number of carbonyl (C=O) groups is 1. The number of hydrogen-bond acceptors (Lipinski definition) is 5. The Bertz CT molecular complexity index is 999. The standard InChI is InChI=1S/C22H27N5O2/c1-3-26(4-2)20(17-10-6-5-7-11-17)16-23-21(28)14-15-27-22(29)18-12-8-9-13-19(18)24-25-27/h5-13,20H,3-4,14-16H2,1-2H3,(H,23,28). The van der Waals surface area contributed by atoms with Gasteiger partial charge in [-0.1, -0.05) is 61.5 Å². The summed E-state index contributed by atoms with van der Waals surface area (Å²) in [6.45, 7) is 6.74. The number of rotatable bonds is 9. The van der Waals surface area contributed by atoms with E-state index in [0.717, 1.165) is 13.1 Å². The van der Waals surface area contributed by atoms with E-state index < -0.39 is 0 Å². The molecule has 1 N–H and O–H groups in total. The van der Waals surface area contributed by atoms with Gasteiger partial charge in [0.1, 0.15) is 5.52 Å². The van der Waals surface area contributed by atoms with E-state index in [9.17, 15) is 9.59 Å². The highest BCUT2D eigenvalue weighted by atomic mass is 16.2. The van der Waals surface area contributed by atoms with E-state index in [1.54, 1.807) is 18.2 Å². The fourth-order valence-electron chi connectivity index (χ4n) is 3.47. The minimum atomic E-state index is -0.228. The van der Waals surface area contributed by atoms with Crippen molar-refractivity contribution >= 4 is 16.8 Å². The molecule has 0 fully saturated rings. The predicted molar refractivity (Wildman–Crippen MR) is 114 cm³/mol. The molecule has 1 heterocycles. The van der Waals surface area contributed by atoms with Crippen molar-refractivity contribution in [3.8, 4) is 0 Å². The van der Waals surface area contributed by atoms with E-state index in [-0.39, 0.29) is 30.5 Å². The van der Waals surface area contributed by atoms with Crippen LogP contribution in [0.2, 0.25) is 0 Å². The van der Waals surface area contributed by atoms with Crippen LogP contribution in [0.3, 0.4) is 0 Å². The third kappa shape index (κ3) is 5.06. The molecule has 7 heteroatoms. The second-order valence-corrected chi connectivity index (χ2v) is 6.84. The van der Waals surface area contributed by atoms with Gasteiger partial charge in [-0.3, -0.25) is 14.5 Å². The molecule has 3 aromatic rings. The molecule has 3 rings (SSSR count). The third-order valence-electron chi connectivity index (χ3n) is 5.11. The first kappa shape index (κ1) is 20.7. The number of benzene rings is 2. The average Bonchev–Trinajstić information content (AvgIpc) is 2.77. The molecule has 1 atom stereocenters. The van der Waals surface area contributed by atoms with Gasteiger partial charge in [0.15, 0.2) is 0 Å². The van der Waals surface area contributed by atoms with Crippen molar-refractivity contribution in [3.05, 3.63) is 70.5 Å². The molecule has 1 amide bonds. The van der Waals surface area contributed by atoms with Gasteiger partial charge in [-0.05, 0) is 30.8 Å². The average molecular weight is 393 g/mol. The summed E-state index contributed by atoms with van der Waals surface area (Å²) < 4.78 is 1.25. The van der Waals surface area contributed by atoms with E-state index in [1.807, 2.05) is 24.3 Å². The number of likely N-dealkylation sites (N-methyl/N-ethyl adjacent to an activating group) is 1. The number of hydrogen-bond donors (Lipinski definition) is 1. The van der Waals surface area contributed by atoms with Crippen LogP contribution in [0.25, 0.3) is 10.9 Å². The summed E-state index contributed by atoms with van der Waals surface area (Å²) >= 11 is 0. The summed E-state index contributed by atoms with van der Waals surface area (Å²) in [5, 5.41) is 11.5. The lowest BCUT2D eigenvalue weighted by Gasteiger charge is -2.30. The van der Waals surface area contributed by atoms with Crippen molar-refractivity contribution in [1.82, 2.24) is 25.2 Å². The lowest BCUT2D eigenvalue weighted by atomic mass is 10.1. The zero-order chi connectivity index (χ0) is 20.6. The minimum absolute atomic E-state index is 0.110. The highest BCUT2D eigenvalue weighted by Gasteiger charge is 2.18. The molecule has 0 radical (unpaired) electrons. The van der Waals surface area contributed by atoms with Crippen LogP contribution < -0.4 is 10.9 Å². The Hall–Kier alpha value is -3.06. The smallest absolute Gasteiger partial charge is 0.277 e. The molecule has 0 aliphatic carbocycles. The summed E-state index contributed by atoms with van der Waals surface area (Å²) in [5.41, 5.74) is 1.50. The maximum absolute atomic E-state index is 12.5. The van der Waals surface area contributed by atoms with Gasteiger partial charge >= 0.3 is 0 Å². The molecule has 1 aromatic heterocycles. The van der Waals surface area contributed by atoms with Gasteiger partial charge in [0, 0.05) is 13.0 Å². The fourth-order valence-corrected chi connectivity index (χ4v) is 3.47. The maximum Gasteiger partial charge on any atom is 0.277 e. The van der Waals surface area contributed by atoms with Gasteiger partial charge in [0.05, 0.1) is 18.0 Å². The minimum Gasteiger partial charge on any atom is -0.354 e. The van der Waals surface area contributed by atoms with Crippen molar-refractivity contribution < 1.29 is 4.79 Å². The zero-order valence-electron chi connectivity index (χ0n) is 16.9. The van der Waals surface area contributed by atoms with Gasteiger partial charge in [0.2, 0.25) is 5.91 Å². The van der Waals surface area contributed by atoms with E-state index in [4.69, 9.17) is 0 Å². The number of nitrogens with zero attached hydrogens (tertiary/aromatic N) is 4. The SMILES string of the molecule is CCN(CC)C(CNC(=O)CCn1nnc2ccccc2c1=O)c1ccccc1. The first-order valence-electron chi connectivity index (χ1n) is 10.0. The predicted octanol–water partition coefficient (Wildman–Crippen LogP) is 2.38. The quantitative estimate of drug-likeness (QED) is 0.604. The second-order valence-electron chi connectivity index (χ2n) is 6.84. The van der Waals surface area contributed by atoms with Crippen molar-refractivity contribution in [3.63, 3.8) is 0 Å². The lowest BCUT2D eigenvalue weighted by Crippen LogP contribution is -2.38. The first-order chi connectivity index (χ1) is 14.1. The molecule has 0 spiro atoms. The van der Waals surface area contributed by atoms with E-state index in [0.29, 0.717) is 17.4 Å². The number of carbonyl (C=O) groups excluding carboxylic acids is 1. The van der Waals surface area contributed by atoms with Crippen molar-refractivity contribution in [2.24, 2.45) is 0 Å². The monoisotopic (exact) mass is 393 g/mol. The van der Waals surface area contributed by atoms with Crippen LogP contribution in [-0.2, 0) is 11.3 Å². The van der Waals surface area contributed by atoms with Crippen LogP contribution in [0.4, 0.5) is 0 Å². The third-order valence-corrected chi connectivity index (χ3v) is 5.11. The highest BCUT2D eigenvalue weighted by Crippen LogP contribution is 2.19. The number of amides is 1. The Balaban J connectivity index is 1.62. The Morgan fingerprint density at radius 1 is 1.07 bits per heavy atom. The molecule has 0 bridgehead atoms. The molecule has 1 unspecified atom stereocenters. The van der Waals surface area contributed by atoms with E-state index in [1.165, 1.54) is 10.2 Å². The molecular formula is C22H27N5O2. The first-order valence-corrected chi connectivity index (χ1v) is 10.0. The van der Waals surface area contributed by atoms with Crippen LogP contribution in [-0.4, -0.2) is 45.4 Å². The number of fused-ring (bicyclic) bond motifs is 1. The summed E-state index contributed by atoms with van der Waals surface area (Å²) in [6.07, 6.45) is 0.173. The van der Waals surface area contributed by atoms with Crippen LogP contribution in [0.15, 0.2) is 59.4 Å². The largest absolute Gasteiger partial charge is 0.354 e. The van der Waals surface area contributed by atoms with Crippen LogP contribution in [0, 0.1) is 0 Å². The van der Waals surface area contributed by atoms with Crippen LogP contribution >= 0.6 is 0 Å². The zero-order valence-corrected chi connectivity index (χ0v) is 16.9. The molecular weight excluding hydrogens is 366 g/mol. The number of nitrogens with one attached hydrogen (secondary N) is 1. The van der Waals surface area contributed by atoms with Gasteiger partial charge in [0.25, 0.3) is 5.56 Å². The summed E-state index contributed by atoms with van der Waals surface area (Å²) in [5.74, 6) is -0.111. The Morgan fingerprint density at radius 3 is 2.48 bits per heavy atom. The molecule has 2 aromatic carbocycles. The molecule has 152 valence electrons. The highest BCUT2D eigenvalue weighted by molar-refractivity contribution is 5.77. The van der Waals surface area contributed by atoms with Crippen molar-refractivity contribution in [1.29, 1.82) is 0 Å². The van der Waals surface area contributed by atoms with Crippen LogP contribution in [0.1, 0.15) is 31.9 Å². The number of aromatic nitrogens is 3. The van der Waals surface area contributed by atoms with E-state index in [2.05, 4.69) is 46.5 Å². The molecule has 0 saturated heterocycles. The molecule has 0 aliphatic heterocycles. The van der Waals surface area contributed by atoms with Crippen molar-refractivity contribution in [2.75, 3.05) is 19.6 Å². The van der Waals surface area contributed by atoms with Gasteiger partial charge in [-0.2, -0.15) is 0 Å². The molecule has 0 saturated carbocycles. The van der Waals surface area contributed by atoms with Gasteiger partial charge in [-0.25, -0.2) is 4.68 Å². The maximum atomic E-state index is 12.5.